The SMILES string of the molecule is COc1cccc(-c2nnc(NS(=O)(=O)C(C)C(OC(C)C)c3ncc(C)cn3)n2C(C)[C@H]2CCCO2)n1. The lowest BCUT2D eigenvalue weighted by molar-refractivity contribution is 0.00152. The van der Waals surface area contributed by atoms with E-state index in [9.17, 15) is 8.42 Å². The predicted molar refractivity (Wildman–Crippen MR) is 141 cm³/mol. The highest BCUT2D eigenvalue weighted by atomic mass is 32.2. The molecule has 0 spiro atoms. The maximum Gasteiger partial charge on any atom is 0.240 e. The van der Waals surface area contributed by atoms with Crippen molar-refractivity contribution in [2.75, 3.05) is 18.4 Å². The van der Waals surface area contributed by atoms with Gasteiger partial charge in [-0.25, -0.2) is 23.4 Å². The molecule has 0 radical (unpaired) electrons. The van der Waals surface area contributed by atoms with Crippen molar-refractivity contribution >= 4 is 16.0 Å². The summed E-state index contributed by atoms with van der Waals surface area (Å²) in [4.78, 5) is 13.2. The number of aromatic nitrogens is 6. The Bertz CT molecular complexity index is 1320. The summed E-state index contributed by atoms with van der Waals surface area (Å²) in [5.74, 6) is 1.16. The molecule has 0 saturated carbocycles. The highest BCUT2D eigenvalue weighted by Gasteiger charge is 2.37. The molecule has 3 aromatic rings. The largest absolute Gasteiger partial charge is 0.481 e. The molecule has 1 N–H and O–H groups in total. The summed E-state index contributed by atoms with van der Waals surface area (Å²) >= 11 is 0. The summed E-state index contributed by atoms with van der Waals surface area (Å²) in [6, 6.07) is 5.01. The molecule has 3 aromatic heterocycles. The smallest absolute Gasteiger partial charge is 0.240 e. The molecule has 1 saturated heterocycles. The van der Waals surface area contributed by atoms with Crippen LogP contribution in [-0.4, -0.2) is 69.3 Å². The van der Waals surface area contributed by atoms with Gasteiger partial charge in [-0.05, 0) is 59.1 Å². The fraction of sp³-hybridized carbons (Fsp3) is 0.560. The molecule has 4 atom stereocenters. The highest BCUT2D eigenvalue weighted by molar-refractivity contribution is 7.93. The third-order valence-corrected chi connectivity index (χ3v) is 8.08. The maximum atomic E-state index is 13.7. The molecule has 1 aliphatic heterocycles. The molecule has 1 aliphatic rings. The van der Waals surface area contributed by atoms with E-state index in [1.165, 1.54) is 7.11 Å². The molecule has 3 unspecified atom stereocenters. The van der Waals surface area contributed by atoms with Crippen LogP contribution in [0.25, 0.3) is 11.5 Å². The van der Waals surface area contributed by atoms with Crippen LogP contribution < -0.4 is 9.46 Å². The average Bonchev–Trinajstić information content (AvgIpc) is 3.57. The first-order valence-electron chi connectivity index (χ1n) is 12.6. The molecule has 13 heteroatoms. The molecule has 4 heterocycles. The Kier molecular flexibility index (Phi) is 8.58. The monoisotopic (exact) mass is 545 g/mol. The van der Waals surface area contributed by atoms with E-state index in [-0.39, 0.29) is 30.0 Å². The van der Waals surface area contributed by atoms with Gasteiger partial charge in [0.15, 0.2) is 11.6 Å². The maximum absolute atomic E-state index is 13.7. The topological polar surface area (TPSA) is 143 Å². The van der Waals surface area contributed by atoms with Crippen LogP contribution in [0.4, 0.5) is 5.95 Å². The molecule has 1 fully saturated rings. The van der Waals surface area contributed by atoms with E-state index in [2.05, 4.69) is 29.9 Å². The van der Waals surface area contributed by atoms with Gasteiger partial charge >= 0.3 is 0 Å². The van der Waals surface area contributed by atoms with Crippen molar-refractivity contribution in [2.24, 2.45) is 0 Å². The first-order chi connectivity index (χ1) is 18.1. The van der Waals surface area contributed by atoms with Crippen LogP contribution in [0.15, 0.2) is 30.6 Å². The van der Waals surface area contributed by atoms with Crippen LogP contribution in [0.2, 0.25) is 0 Å². The Labute approximate surface area is 223 Å². The summed E-state index contributed by atoms with van der Waals surface area (Å²) in [6.07, 6.45) is 3.75. The number of nitrogens with zero attached hydrogens (tertiary/aromatic N) is 6. The number of pyridine rings is 1. The van der Waals surface area contributed by atoms with Crippen LogP contribution >= 0.6 is 0 Å². The second-order valence-electron chi connectivity index (χ2n) is 9.65. The summed E-state index contributed by atoms with van der Waals surface area (Å²) in [7, 11) is -2.51. The number of hydrogen-bond acceptors (Lipinski definition) is 10. The van der Waals surface area contributed by atoms with E-state index in [1.54, 1.807) is 42.1 Å². The second-order valence-corrected chi connectivity index (χ2v) is 11.7. The number of sulfonamides is 1. The molecule has 4 rings (SSSR count). The van der Waals surface area contributed by atoms with Crippen LogP contribution in [0.3, 0.4) is 0 Å². The van der Waals surface area contributed by atoms with E-state index in [4.69, 9.17) is 14.2 Å². The van der Waals surface area contributed by atoms with Crippen LogP contribution in [0.5, 0.6) is 5.88 Å². The van der Waals surface area contributed by atoms with Crippen molar-refractivity contribution in [1.82, 2.24) is 29.7 Å². The Morgan fingerprint density at radius 1 is 1.13 bits per heavy atom. The van der Waals surface area contributed by atoms with Gasteiger partial charge in [-0.1, -0.05) is 6.07 Å². The first kappa shape index (κ1) is 27.9. The Hall–Kier alpha value is -3.16. The van der Waals surface area contributed by atoms with Gasteiger partial charge in [-0.3, -0.25) is 9.29 Å². The van der Waals surface area contributed by atoms with Gasteiger partial charge in [-0.15, -0.1) is 10.2 Å². The number of methoxy groups -OCH3 is 1. The minimum absolute atomic E-state index is 0.0626. The zero-order chi connectivity index (χ0) is 27.4. The van der Waals surface area contributed by atoms with Crippen molar-refractivity contribution in [3.05, 3.63) is 42.0 Å². The van der Waals surface area contributed by atoms with Crippen LogP contribution in [0.1, 0.15) is 64.1 Å². The van der Waals surface area contributed by atoms with E-state index in [1.807, 2.05) is 27.7 Å². The van der Waals surface area contributed by atoms with E-state index < -0.39 is 21.4 Å². The molecule has 0 aliphatic carbocycles. The van der Waals surface area contributed by atoms with Gasteiger partial charge in [-0.2, -0.15) is 0 Å². The molecular weight excluding hydrogens is 510 g/mol. The third-order valence-electron chi connectivity index (χ3n) is 6.39. The lowest BCUT2D eigenvalue weighted by Gasteiger charge is -2.27. The van der Waals surface area contributed by atoms with Crippen LogP contribution in [0, 0.1) is 6.92 Å². The number of hydrogen-bond donors (Lipinski definition) is 1. The minimum atomic E-state index is -4.04. The number of aryl methyl sites for hydroxylation is 1. The Balaban J connectivity index is 1.71. The normalized spacial score (nSPS) is 18.3. The van der Waals surface area contributed by atoms with Gasteiger partial charge in [0.25, 0.3) is 0 Å². The van der Waals surface area contributed by atoms with Crippen LogP contribution in [-0.2, 0) is 19.5 Å². The van der Waals surface area contributed by atoms with Crippen molar-refractivity contribution in [2.45, 2.75) is 77.1 Å². The summed E-state index contributed by atoms with van der Waals surface area (Å²) in [5, 5.41) is 7.50. The zero-order valence-electron chi connectivity index (χ0n) is 22.5. The fourth-order valence-corrected chi connectivity index (χ4v) is 5.42. The molecule has 0 aromatic carbocycles. The number of rotatable bonds is 11. The number of nitrogens with one attached hydrogen (secondary N) is 1. The van der Waals surface area contributed by atoms with Crippen molar-refractivity contribution < 1.29 is 22.6 Å². The molecule has 12 nitrogen and oxygen atoms in total. The molecule has 38 heavy (non-hydrogen) atoms. The van der Waals surface area contributed by atoms with Gasteiger partial charge in [0.1, 0.15) is 17.0 Å². The predicted octanol–water partition coefficient (Wildman–Crippen LogP) is 3.48. The molecule has 206 valence electrons. The lowest BCUT2D eigenvalue weighted by atomic mass is 10.1. The Morgan fingerprint density at radius 3 is 2.50 bits per heavy atom. The first-order valence-corrected chi connectivity index (χ1v) is 14.2. The summed E-state index contributed by atoms with van der Waals surface area (Å²) in [6.45, 7) is 9.69. The summed E-state index contributed by atoms with van der Waals surface area (Å²) in [5.41, 5.74) is 1.36. The number of anilines is 1. The standard InChI is InChI=1S/C25H35N7O5S/c1-15(2)37-22(23-26-13-16(3)14-27-23)18(5)38(33,34)31-25-30-29-24(19-9-7-11-21(28-19)35-6)32(25)17(4)20-10-8-12-36-20/h7,9,11,13-15,17-18,20,22H,8,10,12H2,1-6H3,(H,30,31)/t17?,18?,20-,22?/m1/s1. The van der Waals surface area contributed by atoms with Gasteiger partial charge in [0.05, 0.1) is 25.4 Å². The van der Waals surface area contributed by atoms with Gasteiger partial charge in [0.2, 0.25) is 21.9 Å². The molecular formula is C25H35N7O5S. The molecule has 0 bridgehead atoms. The zero-order valence-corrected chi connectivity index (χ0v) is 23.3. The highest BCUT2D eigenvalue weighted by Crippen LogP contribution is 2.33. The van der Waals surface area contributed by atoms with E-state index >= 15 is 0 Å². The lowest BCUT2D eigenvalue weighted by Crippen LogP contribution is -2.35. The fourth-order valence-electron chi connectivity index (χ4n) is 4.33. The van der Waals surface area contributed by atoms with Gasteiger partial charge < -0.3 is 14.2 Å². The minimum Gasteiger partial charge on any atom is -0.481 e. The average molecular weight is 546 g/mol. The molecule has 0 amide bonds. The quantitative estimate of drug-likeness (QED) is 0.380. The summed E-state index contributed by atoms with van der Waals surface area (Å²) < 4.78 is 49.0. The van der Waals surface area contributed by atoms with Crippen molar-refractivity contribution in [3.8, 4) is 17.4 Å². The van der Waals surface area contributed by atoms with E-state index in [0.717, 1.165) is 18.4 Å². The van der Waals surface area contributed by atoms with Crippen molar-refractivity contribution in [3.63, 3.8) is 0 Å². The number of ether oxygens (including phenoxy) is 3. The van der Waals surface area contributed by atoms with E-state index in [0.29, 0.717) is 24.0 Å². The third kappa shape index (κ3) is 6.11. The second kappa shape index (κ2) is 11.7. The Morgan fingerprint density at radius 2 is 1.87 bits per heavy atom. The van der Waals surface area contributed by atoms with Crippen molar-refractivity contribution in [1.29, 1.82) is 0 Å². The van der Waals surface area contributed by atoms with Gasteiger partial charge in [0, 0.05) is 25.1 Å².